The molecule has 0 aromatic heterocycles. The van der Waals surface area contributed by atoms with Crippen molar-refractivity contribution in [2.75, 3.05) is 26.4 Å². The molecule has 1 aromatic carbocycles. The third kappa shape index (κ3) is 5.21. The van der Waals surface area contributed by atoms with E-state index in [9.17, 15) is 14.9 Å². The Labute approximate surface area is 114 Å². The van der Waals surface area contributed by atoms with Crippen LogP contribution in [0.1, 0.15) is 10.4 Å². The molecule has 0 spiro atoms. The van der Waals surface area contributed by atoms with Gasteiger partial charge in [0.15, 0.2) is 0 Å². The number of rotatable bonds is 7. The summed E-state index contributed by atoms with van der Waals surface area (Å²) < 4.78 is 4.96. The Morgan fingerprint density at radius 3 is 2.79 bits per heavy atom. The fourth-order valence-electron chi connectivity index (χ4n) is 1.32. The van der Waals surface area contributed by atoms with E-state index in [0.29, 0.717) is 0 Å². The maximum Gasteiger partial charge on any atom is 0.271 e. The van der Waals surface area contributed by atoms with Gasteiger partial charge in [0.05, 0.1) is 24.7 Å². The molecule has 0 bridgehead atoms. The molecule has 0 radical (unpaired) electrons. The van der Waals surface area contributed by atoms with Crippen LogP contribution < -0.4 is 5.32 Å². The van der Waals surface area contributed by atoms with Crippen LogP contribution in [0.4, 0.5) is 5.69 Å². The Morgan fingerprint density at radius 2 is 2.16 bits per heavy atom. The summed E-state index contributed by atoms with van der Waals surface area (Å²) in [6.07, 6.45) is 0. The average Bonchev–Trinajstić information content (AvgIpc) is 2.37. The molecule has 0 atom stereocenters. The second-order valence-electron chi connectivity index (χ2n) is 3.55. The number of halogens is 1. The lowest BCUT2D eigenvalue weighted by Crippen LogP contribution is -2.27. The maximum absolute atomic E-state index is 11.7. The number of nitro groups is 1. The van der Waals surface area contributed by atoms with Crippen molar-refractivity contribution >= 4 is 23.2 Å². The van der Waals surface area contributed by atoms with Crippen molar-refractivity contribution in [3.8, 4) is 0 Å². The van der Waals surface area contributed by atoms with Crippen LogP contribution in [0.2, 0.25) is 5.02 Å². The summed E-state index contributed by atoms with van der Waals surface area (Å²) in [5.74, 6) is -0.474. The van der Waals surface area contributed by atoms with Crippen LogP contribution in [0.25, 0.3) is 0 Å². The molecule has 0 unspecified atom stereocenters. The Bertz CT molecular complexity index is 466. The SMILES string of the molecule is O=C(NCCOCCO)c1cc(Cl)cc([N+](=O)[O-])c1. The lowest BCUT2D eigenvalue weighted by Gasteiger charge is -2.06. The largest absolute Gasteiger partial charge is 0.394 e. The van der Waals surface area contributed by atoms with E-state index >= 15 is 0 Å². The van der Waals surface area contributed by atoms with Gasteiger partial charge in [0, 0.05) is 29.3 Å². The highest BCUT2D eigenvalue weighted by Crippen LogP contribution is 2.20. The first-order valence-electron chi connectivity index (χ1n) is 5.46. The van der Waals surface area contributed by atoms with Crippen LogP contribution in [-0.2, 0) is 4.74 Å². The number of amides is 1. The van der Waals surface area contributed by atoms with Crippen molar-refractivity contribution in [3.63, 3.8) is 0 Å². The van der Waals surface area contributed by atoms with Gasteiger partial charge in [-0.1, -0.05) is 11.6 Å². The van der Waals surface area contributed by atoms with E-state index in [-0.39, 0.29) is 42.6 Å². The van der Waals surface area contributed by atoms with Gasteiger partial charge in [-0.05, 0) is 6.07 Å². The van der Waals surface area contributed by atoms with Crippen LogP contribution in [0.15, 0.2) is 18.2 Å². The normalized spacial score (nSPS) is 10.2. The van der Waals surface area contributed by atoms with E-state index in [1.54, 1.807) is 0 Å². The summed E-state index contributed by atoms with van der Waals surface area (Å²) >= 11 is 5.70. The summed E-state index contributed by atoms with van der Waals surface area (Å²) in [6.45, 7) is 0.584. The number of aliphatic hydroxyl groups is 1. The van der Waals surface area contributed by atoms with Gasteiger partial charge >= 0.3 is 0 Å². The minimum absolute atomic E-state index is 0.0889. The number of hydrogen-bond donors (Lipinski definition) is 2. The number of nitrogens with one attached hydrogen (secondary N) is 1. The molecule has 0 heterocycles. The number of carbonyl (C=O) groups is 1. The lowest BCUT2D eigenvalue weighted by atomic mass is 10.2. The number of non-ortho nitro benzene ring substituents is 1. The molecule has 1 rings (SSSR count). The summed E-state index contributed by atoms with van der Waals surface area (Å²) in [7, 11) is 0. The van der Waals surface area contributed by atoms with Crippen LogP contribution in [0.5, 0.6) is 0 Å². The maximum atomic E-state index is 11.7. The van der Waals surface area contributed by atoms with Gasteiger partial charge < -0.3 is 15.2 Å². The molecule has 2 N–H and O–H groups in total. The number of hydrogen-bond acceptors (Lipinski definition) is 5. The summed E-state index contributed by atoms with van der Waals surface area (Å²) in [5.41, 5.74) is -0.129. The number of carbonyl (C=O) groups excluding carboxylic acids is 1. The second-order valence-corrected chi connectivity index (χ2v) is 3.98. The van der Waals surface area contributed by atoms with E-state index < -0.39 is 10.8 Å². The number of aliphatic hydroxyl groups excluding tert-OH is 1. The molecule has 1 aromatic rings. The quantitative estimate of drug-likeness (QED) is 0.442. The predicted octanol–water partition coefficient (Wildman–Crippen LogP) is 0.987. The summed E-state index contributed by atoms with van der Waals surface area (Å²) in [4.78, 5) is 21.7. The Morgan fingerprint density at radius 1 is 1.42 bits per heavy atom. The Balaban J connectivity index is 2.59. The molecule has 0 aliphatic carbocycles. The van der Waals surface area contributed by atoms with E-state index in [2.05, 4.69) is 5.32 Å². The van der Waals surface area contributed by atoms with Crippen LogP contribution >= 0.6 is 11.6 Å². The van der Waals surface area contributed by atoms with Gasteiger partial charge in [0.25, 0.3) is 11.6 Å². The van der Waals surface area contributed by atoms with E-state index in [1.807, 2.05) is 0 Å². The first kappa shape index (κ1) is 15.4. The predicted molar refractivity (Wildman–Crippen MR) is 68.3 cm³/mol. The molecule has 19 heavy (non-hydrogen) atoms. The second kappa shape index (κ2) is 7.67. The number of ether oxygens (including phenoxy) is 1. The van der Waals surface area contributed by atoms with Crippen molar-refractivity contribution in [1.82, 2.24) is 5.32 Å². The first-order valence-corrected chi connectivity index (χ1v) is 5.84. The fraction of sp³-hybridized carbons (Fsp3) is 0.364. The topological polar surface area (TPSA) is 102 Å². The van der Waals surface area contributed by atoms with Crippen molar-refractivity contribution < 1.29 is 19.6 Å². The molecule has 1 amide bonds. The van der Waals surface area contributed by atoms with Gasteiger partial charge in [-0.25, -0.2) is 0 Å². The minimum Gasteiger partial charge on any atom is -0.394 e. The minimum atomic E-state index is -0.618. The van der Waals surface area contributed by atoms with Crippen molar-refractivity contribution in [1.29, 1.82) is 0 Å². The summed E-state index contributed by atoms with van der Waals surface area (Å²) in [6, 6.07) is 3.66. The number of benzene rings is 1. The smallest absolute Gasteiger partial charge is 0.271 e. The molecule has 0 aliphatic rings. The van der Waals surface area contributed by atoms with Gasteiger partial charge in [-0.15, -0.1) is 0 Å². The highest BCUT2D eigenvalue weighted by atomic mass is 35.5. The zero-order chi connectivity index (χ0) is 14.3. The molecule has 8 heteroatoms. The third-order valence-corrected chi connectivity index (χ3v) is 2.34. The zero-order valence-corrected chi connectivity index (χ0v) is 10.7. The fourth-order valence-corrected chi connectivity index (χ4v) is 1.55. The van der Waals surface area contributed by atoms with Crippen molar-refractivity contribution in [2.45, 2.75) is 0 Å². The molecule has 0 saturated heterocycles. The van der Waals surface area contributed by atoms with E-state index in [4.69, 9.17) is 21.4 Å². The average molecular weight is 289 g/mol. The third-order valence-electron chi connectivity index (χ3n) is 2.12. The van der Waals surface area contributed by atoms with Gasteiger partial charge in [-0.2, -0.15) is 0 Å². The van der Waals surface area contributed by atoms with Crippen molar-refractivity contribution in [2.24, 2.45) is 0 Å². The molecule has 0 saturated carbocycles. The van der Waals surface area contributed by atoms with Crippen molar-refractivity contribution in [3.05, 3.63) is 38.9 Å². The van der Waals surface area contributed by atoms with Crippen LogP contribution in [0.3, 0.4) is 0 Å². The van der Waals surface area contributed by atoms with E-state index in [1.165, 1.54) is 12.1 Å². The van der Waals surface area contributed by atoms with Crippen LogP contribution in [-0.4, -0.2) is 42.3 Å². The van der Waals surface area contributed by atoms with Gasteiger partial charge in [-0.3, -0.25) is 14.9 Å². The van der Waals surface area contributed by atoms with Gasteiger partial charge in [0.2, 0.25) is 0 Å². The Hall–Kier alpha value is -1.70. The summed E-state index contributed by atoms with van der Waals surface area (Å²) in [5, 5.41) is 21.8. The number of nitrogens with zero attached hydrogens (tertiary/aromatic N) is 1. The molecule has 7 nitrogen and oxygen atoms in total. The van der Waals surface area contributed by atoms with Crippen LogP contribution in [0, 0.1) is 10.1 Å². The molecule has 104 valence electrons. The first-order chi connectivity index (χ1) is 9.04. The highest BCUT2D eigenvalue weighted by molar-refractivity contribution is 6.31. The van der Waals surface area contributed by atoms with E-state index in [0.717, 1.165) is 6.07 Å². The standard InChI is InChI=1S/C11H13ClN2O5/c12-9-5-8(6-10(7-9)14(17)18)11(16)13-1-3-19-4-2-15/h5-7,15H,1-4H2,(H,13,16). The lowest BCUT2D eigenvalue weighted by molar-refractivity contribution is -0.384. The van der Waals surface area contributed by atoms with Gasteiger partial charge in [0.1, 0.15) is 0 Å². The molecular formula is C11H13ClN2O5. The Kier molecular flexibility index (Phi) is 6.20. The zero-order valence-electron chi connectivity index (χ0n) is 9.97. The number of nitro benzene ring substituents is 1. The molecular weight excluding hydrogens is 276 g/mol. The highest BCUT2D eigenvalue weighted by Gasteiger charge is 2.13. The molecule has 0 aliphatic heterocycles. The monoisotopic (exact) mass is 288 g/mol. The molecule has 0 fully saturated rings.